The Morgan fingerprint density at radius 2 is 1.90 bits per heavy atom. The molecule has 0 aliphatic carbocycles. The maximum atomic E-state index is 12.7. The number of hydrogen-bond donors (Lipinski definition) is 2. The van der Waals surface area contributed by atoms with Crippen molar-refractivity contribution >= 4 is 27.5 Å². The zero-order chi connectivity index (χ0) is 14.5. The third kappa shape index (κ3) is 3.81. The number of halogens is 2. The molecule has 0 saturated heterocycles. The quantitative estimate of drug-likeness (QED) is 0.842. The lowest BCUT2D eigenvalue weighted by Gasteiger charge is -2.07. The fourth-order valence-corrected chi connectivity index (χ4v) is 2.12. The number of benzene rings is 2. The van der Waals surface area contributed by atoms with Crippen molar-refractivity contribution in [2.75, 3.05) is 12.3 Å². The summed E-state index contributed by atoms with van der Waals surface area (Å²) in [5.74, 6) is -0.419. The maximum absolute atomic E-state index is 12.7. The number of rotatable bonds is 4. The average Bonchev–Trinajstić information content (AvgIpc) is 2.44. The van der Waals surface area contributed by atoms with Crippen molar-refractivity contribution in [1.82, 2.24) is 5.32 Å². The van der Waals surface area contributed by atoms with E-state index in [0.29, 0.717) is 28.7 Å². The average molecular weight is 337 g/mol. The topological polar surface area (TPSA) is 55.1 Å². The Morgan fingerprint density at radius 3 is 2.55 bits per heavy atom. The first-order chi connectivity index (χ1) is 9.56. The first kappa shape index (κ1) is 14.5. The summed E-state index contributed by atoms with van der Waals surface area (Å²) in [6.45, 7) is 0.493. The molecule has 0 saturated carbocycles. The molecule has 1 amide bonds. The molecule has 0 heterocycles. The number of nitrogens with one attached hydrogen (secondary N) is 1. The number of anilines is 1. The minimum absolute atomic E-state index is 0.159. The van der Waals surface area contributed by atoms with E-state index in [1.165, 1.54) is 12.1 Å². The van der Waals surface area contributed by atoms with Gasteiger partial charge in [-0.15, -0.1) is 0 Å². The molecule has 0 bridgehead atoms. The minimum atomic E-state index is -0.260. The van der Waals surface area contributed by atoms with Gasteiger partial charge >= 0.3 is 0 Å². The lowest BCUT2D eigenvalue weighted by molar-refractivity contribution is 0.0954. The summed E-state index contributed by atoms with van der Waals surface area (Å²) < 4.78 is 13.4. The number of carbonyl (C=O) groups is 1. The Kier molecular flexibility index (Phi) is 4.74. The second kappa shape index (κ2) is 6.52. The Labute approximate surface area is 125 Å². The summed E-state index contributed by atoms with van der Waals surface area (Å²) in [5.41, 5.74) is 7.78. The summed E-state index contributed by atoms with van der Waals surface area (Å²) in [6.07, 6.45) is 0.655. The van der Waals surface area contributed by atoms with Gasteiger partial charge in [0.15, 0.2) is 0 Å². The molecule has 2 aromatic carbocycles. The monoisotopic (exact) mass is 336 g/mol. The van der Waals surface area contributed by atoms with Crippen molar-refractivity contribution in [3.8, 4) is 0 Å². The first-order valence-electron chi connectivity index (χ1n) is 6.14. The van der Waals surface area contributed by atoms with E-state index in [9.17, 15) is 9.18 Å². The highest BCUT2D eigenvalue weighted by Gasteiger charge is 2.06. The van der Waals surface area contributed by atoms with Crippen LogP contribution in [0.4, 0.5) is 10.1 Å². The highest BCUT2D eigenvalue weighted by molar-refractivity contribution is 9.10. The molecule has 3 nitrogen and oxygen atoms in total. The molecule has 0 atom stereocenters. The molecule has 20 heavy (non-hydrogen) atoms. The normalized spacial score (nSPS) is 10.3. The van der Waals surface area contributed by atoms with Crippen LogP contribution < -0.4 is 11.1 Å². The Hall–Kier alpha value is -1.88. The summed E-state index contributed by atoms with van der Waals surface area (Å²) in [6, 6.07) is 11.3. The van der Waals surface area contributed by atoms with Crippen LogP contribution in [0.5, 0.6) is 0 Å². The van der Waals surface area contributed by atoms with Crippen LogP contribution in [0.15, 0.2) is 46.9 Å². The predicted octanol–water partition coefficient (Wildman–Crippen LogP) is 3.14. The molecule has 0 fully saturated rings. The molecule has 0 aliphatic rings. The van der Waals surface area contributed by atoms with Gasteiger partial charge in [0.1, 0.15) is 5.82 Å². The Bertz CT molecular complexity index is 614. The van der Waals surface area contributed by atoms with Gasteiger partial charge < -0.3 is 11.1 Å². The van der Waals surface area contributed by atoms with Crippen LogP contribution in [0.2, 0.25) is 0 Å². The molecule has 0 radical (unpaired) electrons. The van der Waals surface area contributed by atoms with Crippen molar-refractivity contribution in [3.05, 3.63) is 63.9 Å². The molecule has 0 unspecified atom stereocenters. The number of amides is 1. The van der Waals surface area contributed by atoms with Crippen LogP contribution in [0.3, 0.4) is 0 Å². The standard InChI is InChI=1S/C15H14BrFN2O/c16-13-9-11(3-6-14(13)18)15(20)19-8-7-10-1-4-12(17)5-2-10/h1-6,9H,7-8,18H2,(H,19,20). The van der Waals surface area contributed by atoms with Crippen LogP contribution in [-0.4, -0.2) is 12.5 Å². The minimum Gasteiger partial charge on any atom is -0.398 e. The molecule has 104 valence electrons. The molecule has 2 rings (SSSR count). The van der Waals surface area contributed by atoms with Crippen molar-refractivity contribution in [2.45, 2.75) is 6.42 Å². The van der Waals surface area contributed by atoms with Gasteiger partial charge in [-0.1, -0.05) is 12.1 Å². The molecule has 0 aromatic heterocycles. The van der Waals surface area contributed by atoms with Crippen LogP contribution in [0.25, 0.3) is 0 Å². The second-order valence-corrected chi connectivity index (χ2v) is 5.22. The van der Waals surface area contributed by atoms with E-state index in [2.05, 4.69) is 21.2 Å². The van der Waals surface area contributed by atoms with Gasteiger partial charge in [0.25, 0.3) is 5.91 Å². The van der Waals surface area contributed by atoms with Crippen molar-refractivity contribution < 1.29 is 9.18 Å². The molecular formula is C15H14BrFN2O. The van der Waals surface area contributed by atoms with E-state index in [1.54, 1.807) is 30.3 Å². The highest BCUT2D eigenvalue weighted by atomic mass is 79.9. The van der Waals surface area contributed by atoms with Crippen molar-refractivity contribution in [2.24, 2.45) is 0 Å². The van der Waals surface area contributed by atoms with Crippen LogP contribution in [-0.2, 0) is 6.42 Å². The smallest absolute Gasteiger partial charge is 0.251 e. The van der Waals surface area contributed by atoms with Gasteiger partial charge in [-0.3, -0.25) is 4.79 Å². The lowest BCUT2D eigenvalue weighted by Crippen LogP contribution is -2.25. The highest BCUT2D eigenvalue weighted by Crippen LogP contribution is 2.20. The lowest BCUT2D eigenvalue weighted by atomic mass is 10.1. The first-order valence-corrected chi connectivity index (χ1v) is 6.93. The fourth-order valence-electron chi connectivity index (χ4n) is 1.74. The largest absolute Gasteiger partial charge is 0.398 e. The fraction of sp³-hybridized carbons (Fsp3) is 0.133. The Balaban J connectivity index is 1.88. The SMILES string of the molecule is Nc1ccc(C(=O)NCCc2ccc(F)cc2)cc1Br. The van der Waals surface area contributed by atoms with Gasteiger partial charge in [0.05, 0.1) is 0 Å². The van der Waals surface area contributed by atoms with Gasteiger partial charge in [-0.25, -0.2) is 4.39 Å². The third-order valence-electron chi connectivity index (χ3n) is 2.88. The summed E-state index contributed by atoms with van der Waals surface area (Å²) in [7, 11) is 0. The second-order valence-electron chi connectivity index (χ2n) is 4.37. The molecule has 3 N–H and O–H groups in total. The van der Waals surface area contributed by atoms with E-state index < -0.39 is 0 Å². The van der Waals surface area contributed by atoms with Crippen LogP contribution in [0.1, 0.15) is 15.9 Å². The summed E-state index contributed by atoms with van der Waals surface area (Å²) >= 11 is 3.29. The number of hydrogen-bond acceptors (Lipinski definition) is 2. The molecule has 2 aromatic rings. The predicted molar refractivity (Wildman–Crippen MR) is 81.0 cm³/mol. The number of nitrogen functional groups attached to an aromatic ring is 1. The van der Waals surface area contributed by atoms with E-state index >= 15 is 0 Å². The zero-order valence-electron chi connectivity index (χ0n) is 10.7. The summed E-state index contributed by atoms with van der Waals surface area (Å²) in [5, 5.41) is 2.81. The third-order valence-corrected chi connectivity index (χ3v) is 3.56. The van der Waals surface area contributed by atoms with Crippen molar-refractivity contribution in [1.29, 1.82) is 0 Å². The van der Waals surface area contributed by atoms with Gasteiger partial charge in [0.2, 0.25) is 0 Å². The van der Waals surface area contributed by atoms with Gasteiger partial charge in [-0.2, -0.15) is 0 Å². The Morgan fingerprint density at radius 1 is 1.20 bits per heavy atom. The van der Waals surface area contributed by atoms with E-state index in [-0.39, 0.29) is 11.7 Å². The molecule has 0 aliphatic heterocycles. The van der Waals surface area contributed by atoms with Gasteiger partial charge in [0, 0.05) is 22.3 Å². The van der Waals surface area contributed by atoms with Gasteiger partial charge in [-0.05, 0) is 58.2 Å². The number of carbonyl (C=O) groups excluding carboxylic acids is 1. The van der Waals surface area contributed by atoms with E-state index in [1.807, 2.05) is 0 Å². The number of nitrogens with two attached hydrogens (primary N) is 1. The summed E-state index contributed by atoms with van der Waals surface area (Å²) in [4.78, 5) is 11.9. The van der Waals surface area contributed by atoms with E-state index in [0.717, 1.165) is 5.56 Å². The molecular weight excluding hydrogens is 323 g/mol. The van der Waals surface area contributed by atoms with Crippen LogP contribution in [0, 0.1) is 5.82 Å². The van der Waals surface area contributed by atoms with Crippen LogP contribution >= 0.6 is 15.9 Å². The zero-order valence-corrected chi connectivity index (χ0v) is 12.3. The molecule has 5 heteroatoms. The maximum Gasteiger partial charge on any atom is 0.251 e. The van der Waals surface area contributed by atoms with E-state index in [4.69, 9.17) is 5.73 Å². The van der Waals surface area contributed by atoms with Crippen molar-refractivity contribution in [3.63, 3.8) is 0 Å². The molecule has 0 spiro atoms.